The summed E-state index contributed by atoms with van der Waals surface area (Å²) >= 11 is 0. The van der Waals surface area contributed by atoms with Crippen LogP contribution in [-0.4, -0.2) is 12.2 Å². The summed E-state index contributed by atoms with van der Waals surface area (Å²) in [6.07, 6.45) is 2.72. The van der Waals surface area contributed by atoms with Crippen molar-refractivity contribution in [3.63, 3.8) is 0 Å². The van der Waals surface area contributed by atoms with Gasteiger partial charge in [-0.25, -0.2) is 0 Å². The number of rotatable bonds is 2. The molecule has 1 N–H and O–H groups in total. The van der Waals surface area contributed by atoms with Crippen LogP contribution in [0.5, 0.6) is 5.75 Å². The largest absolute Gasteiger partial charge is 0.497 e. The summed E-state index contributed by atoms with van der Waals surface area (Å²) in [6.45, 7) is 0. The average molecular weight is 254 g/mol. The first kappa shape index (κ1) is 12.2. The quantitative estimate of drug-likeness (QED) is 0.884. The maximum atomic E-state index is 9.98. The Balaban J connectivity index is 2.01. The van der Waals surface area contributed by atoms with Gasteiger partial charge >= 0.3 is 0 Å². The van der Waals surface area contributed by atoms with Crippen molar-refractivity contribution in [2.45, 2.75) is 25.4 Å². The minimum absolute atomic E-state index is 0.289. The van der Waals surface area contributed by atoms with Crippen LogP contribution in [0.1, 0.15) is 30.1 Å². The Hall–Kier alpha value is -1.80. The van der Waals surface area contributed by atoms with Crippen LogP contribution < -0.4 is 4.74 Å². The van der Waals surface area contributed by atoms with Gasteiger partial charge in [0.15, 0.2) is 0 Å². The van der Waals surface area contributed by atoms with E-state index in [1.807, 2.05) is 18.2 Å². The Morgan fingerprint density at radius 3 is 2.79 bits per heavy atom. The minimum atomic E-state index is -0.289. The molecule has 0 saturated heterocycles. The fourth-order valence-corrected chi connectivity index (χ4v) is 2.77. The summed E-state index contributed by atoms with van der Waals surface area (Å²) < 4.78 is 5.27. The minimum Gasteiger partial charge on any atom is -0.497 e. The third kappa shape index (κ3) is 2.36. The molecule has 0 fully saturated rings. The van der Waals surface area contributed by atoms with Gasteiger partial charge in [-0.15, -0.1) is 0 Å². The van der Waals surface area contributed by atoms with Crippen molar-refractivity contribution in [3.8, 4) is 16.9 Å². The fourth-order valence-electron chi connectivity index (χ4n) is 2.77. The van der Waals surface area contributed by atoms with E-state index in [-0.39, 0.29) is 6.10 Å². The summed E-state index contributed by atoms with van der Waals surface area (Å²) in [5.41, 5.74) is 4.71. The summed E-state index contributed by atoms with van der Waals surface area (Å²) in [6, 6.07) is 14.4. The summed E-state index contributed by atoms with van der Waals surface area (Å²) in [7, 11) is 1.68. The predicted octanol–water partition coefficient (Wildman–Crippen LogP) is 3.73. The molecule has 98 valence electrons. The van der Waals surface area contributed by atoms with E-state index in [9.17, 15) is 5.11 Å². The van der Waals surface area contributed by atoms with Crippen molar-refractivity contribution < 1.29 is 9.84 Å². The number of benzene rings is 2. The van der Waals surface area contributed by atoms with Gasteiger partial charge in [0.25, 0.3) is 0 Å². The van der Waals surface area contributed by atoms with E-state index in [2.05, 4.69) is 24.3 Å². The van der Waals surface area contributed by atoms with E-state index in [1.54, 1.807) is 7.11 Å². The van der Waals surface area contributed by atoms with E-state index >= 15 is 0 Å². The van der Waals surface area contributed by atoms with E-state index in [0.717, 1.165) is 36.1 Å². The highest BCUT2D eigenvalue weighted by molar-refractivity contribution is 5.66. The normalized spacial score (nSPS) is 17.9. The number of aliphatic hydroxyl groups is 1. The molecule has 0 radical (unpaired) electrons. The first-order valence-electron chi connectivity index (χ1n) is 6.73. The highest BCUT2D eigenvalue weighted by Crippen LogP contribution is 2.33. The smallest absolute Gasteiger partial charge is 0.119 e. The molecule has 0 aromatic heterocycles. The van der Waals surface area contributed by atoms with Crippen molar-refractivity contribution in [1.29, 1.82) is 0 Å². The zero-order valence-corrected chi connectivity index (χ0v) is 11.1. The van der Waals surface area contributed by atoms with Crippen LogP contribution in [0.25, 0.3) is 11.1 Å². The SMILES string of the molecule is COc1cccc(-c2ccc3c(c2)CCCC3O)c1. The average Bonchev–Trinajstić information content (AvgIpc) is 2.47. The molecule has 1 aliphatic carbocycles. The Labute approximate surface area is 113 Å². The standard InChI is InChI=1S/C17H18O2/c1-19-15-6-2-4-12(11-15)13-8-9-16-14(10-13)5-3-7-17(16)18/h2,4,6,8-11,17-18H,3,5,7H2,1H3. The fraction of sp³-hybridized carbons (Fsp3) is 0.294. The molecule has 2 heteroatoms. The number of ether oxygens (including phenoxy) is 1. The van der Waals surface area contributed by atoms with E-state index < -0.39 is 0 Å². The Morgan fingerprint density at radius 2 is 1.95 bits per heavy atom. The Kier molecular flexibility index (Phi) is 3.26. The Morgan fingerprint density at radius 1 is 1.11 bits per heavy atom. The molecule has 2 aromatic rings. The van der Waals surface area contributed by atoms with Gasteiger partial charge in [0.2, 0.25) is 0 Å². The van der Waals surface area contributed by atoms with Crippen molar-refractivity contribution in [3.05, 3.63) is 53.6 Å². The molecule has 1 aliphatic rings. The maximum Gasteiger partial charge on any atom is 0.119 e. The lowest BCUT2D eigenvalue weighted by molar-refractivity contribution is 0.156. The second-order valence-corrected chi connectivity index (χ2v) is 5.05. The van der Waals surface area contributed by atoms with Crippen LogP contribution in [0.15, 0.2) is 42.5 Å². The van der Waals surface area contributed by atoms with Gasteiger partial charge in [0, 0.05) is 0 Å². The van der Waals surface area contributed by atoms with Gasteiger partial charge in [-0.3, -0.25) is 0 Å². The van der Waals surface area contributed by atoms with Crippen molar-refractivity contribution >= 4 is 0 Å². The number of aryl methyl sites for hydroxylation is 1. The second-order valence-electron chi connectivity index (χ2n) is 5.05. The molecule has 0 spiro atoms. The van der Waals surface area contributed by atoms with Crippen LogP contribution in [-0.2, 0) is 6.42 Å². The van der Waals surface area contributed by atoms with Gasteiger partial charge in [-0.1, -0.05) is 30.3 Å². The molecule has 2 nitrogen and oxygen atoms in total. The molecule has 1 unspecified atom stereocenters. The summed E-state index contributed by atoms with van der Waals surface area (Å²) in [5.74, 6) is 0.871. The van der Waals surface area contributed by atoms with Crippen LogP contribution in [0.3, 0.4) is 0 Å². The number of hydrogen-bond donors (Lipinski definition) is 1. The number of fused-ring (bicyclic) bond motifs is 1. The summed E-state index contributed by atoms with van der Waals surface area (Å²) in [5, 5.41) is 9.98. The van der Waals surface area contributed by atoms with Crippen LogP contribution in [0.2, 0.25) is 0 Å². The third-order valence-electron chi connectivity index (χ3n) is 3.83. The molecular formula is C17H18O2. The molecule has 0 amide bonds. The summed E-state index contributed by atoms with van der Waals surface area (Å²) in [4.78, 5) is 0. The highest BCUT2D eigenvalue weighted by atomic mass is 16.5. The molecule has 0 heterocycles. The first-order valence-corrected chi connectivity index (χ1v) is 6.73. The molecule has 1 atom stereocenters. The van der Waals surface area contributed by atoms with E-state index in [1.165, 1.54) is 11.1 Å². The van der Waals surface area contributed by atoms with Gasteiger partial charge in [-0.2, -0.15) is 0 Å². The molecule has 0 saturated carbocycles. The maximum absolute atomic E-state index is 9.98. The molecule has 3 rings (SSSR count). The zero-order chi connectivity index (χ0) is 13.2. The first-order chi connectivity index (χ1) is 9.28. The topological polar surface area (TPSA) is 29.5 Å². The van der Waals surface area contributed by atoms with Crippen LogP contribution in [0, 0.1) is 0 Å². The Bertz CT molecular complexity index is 590. The second kappa shape index (κ2) is 5.06. The van der Waals surface area contributed by atoms with Crippen molar-refractivity contribution in [2.24, 2.45) is 0 Å². The monoisotopic (exact) mass is 254 g/mol. The molecule has 2 aromatic carbocycles. The van der Waals surface area contributed by atoms with E-state index in [4.69, 9.17) is 4.74 Å². The molecular weight excluding hydrogens is 236 g/mol. The highest BCUT2D eigenvalue weighted by Gasteiger charge is 2.18. The predicted molar refractivity (Wildman–Crippen MR) is 76.3 cm³/mol. The third-order valence-corrected chi connectivity index (χ3v) is 3.83. The van der Waals surface area contributed by atoms with Crippen molar-refractivity contribution in [1.82, 2.24) is 0 Å². The van der Waals surface area contributed by atoms with Gasteiger partial charge in [0.05, 0.1) is 13.2 Å². The van der Waals surface area contributed by atoms with Gasteiger partial charge in [0.1, 0.15) is 5.75 Å². The lowest BCUT2D eigenvalue weighted by Gasteiger charge is -2.22. The number of aliphatic hydroxyl groups excluding tert-OH is 1. The van der Waals surface area contributed by atoms with Gasteiger partial charge < -0.3 is 9.84 Å². The van der Waals surface area contributed by atoms with E-state index in [0.29, 0.717) is 0 Å². The van der Waals surface area contributed by atoms with Crippen LogP contribution >= 0.6 is 0 Å². The lowest BCUT2D eigenvalue weighted by Crippen LogP contribution is -2.08. The molecule has 19 heavy (non-hydrogen) atoms. The molecule has 0 bridgehead atoms. The number of hydrogen-bond acceptors (Lipinski definition) is 2. The van der Waals surface area contributed by atoms with Crippen molar-refractivity contribution in [2.75, 3.05) is 7.11 Å². The molecule has 0 aliphatic heterocycles. The van der Waals surface area contributed by atoms with Gasteiger partial charge in [-0.05, 0) is 53.6 Å². The van der Waals surface area contributed by atoms with Crippen LogP contribution in [0.4, 0.5) is 0 Å². The number of methoxy groups -OCH3 is 1. The lowest BCUT2D eigenvalue weighted by atomic mass is 9.87. The zero-order valence-electron chi connectivity index (χ0n) is 11.1.